The number of halogens is 1. The Hall–Kier alpha value is -0.540. The molecule has 82 valence electrons. The first-order chi connectivity index (χ1) is 6.93. The lowest BCUT2D eigenvalue weighted by atomic mass is 10.00. The van der Waals surface area contributed by atoms with Gasteiger partial charge in [-0.1, -0.05) is 6.07 Å². The van der Waals surface area contributed by atoms with E-state index in [1.54, 1.807) is 0 Å². The van der Waals surface area contributed by atoms with E-state index in [0.717, 1.165) is 34.0 Å². The fraction of sp³-hybridized carbons (Fsp3) is 0.500. The van der Waals surface area contributed by atoms with Gasteiger partial charge in [0.2, 0.25) is 0 Å². The van der Waals surface area contributed by atoms with Crippen LogP contribution in [0.1, 0.15) is 29.5 Å². The zero-order valence-electron chi connectivity index (χ0n) is 8.97. The number of rotatable bonds is 2. The number of hydrogen-bond acceptors (Lipinski definition) is 2. The molecule has 0 unspecified atom stereocenters. The van der Waals surface area contributed by atoms with Crippen LogP contribution in [0, 0.1) is 13.8 Å². The number of aliphatic hydroxyl groups is 1. The van der Waals surface area contributed by atoms with Gasteiger partial charge < -0.3 is 10.2 Å². The topological polar surface area (TPSA) is 40.5 Å². The van der Waals surface area contributed by atoms with Gasteiger partial charge in [-0.3, -0.25) is 0 Å². The van der Waals surface area contributed by atoms with Gasteiger partial charge in [0, 0.05) is 6.42 Å². The van der Waals surface area contributed by atoms with Crippen molar-refractivity contribution in [2.24, 2.45) is 0 Å². The van der Waals surface area contributed by atoms with Gasteiger partial charge in [0.25, 0.3) is 0 Å². The maximum atomic E-state index is 9.94. The lowest BCUT2D eigenvalue weighted by Gasteiger charge is -2.14. The summed E-state index contributed by atoms with van der Waals surface area (Å²) in [6.45, 7) is 3.98. The van der Waals surface area contributed by atoms with Crippen LogP contribution in [0.25, 0.3) is 0 Å². The van der Waals surface area contributed by atoms with Gasteiger partial charge in [0.05, 0.1) is 10.1 Å². The molecule has 1 aliphatic carbocycles. The van der Waals surface area contributed by atoms with Crippen molar-refractivity contribution < 1.29 is 10.2 Å². The smallest absolute Gasteiger partial charge is 0.133 e. The molecule has 1 saturated carbocycles. The number of phenolic OH excluding ortho intramolecular Hbond substituents is 1. The minimum absolute atomic E-state index is 0.276. The first kappa shape index (κ1) is 11.0. The molecule has 1 fully saturated rings. The standard InChI is InChI=1S/C12H15BrO2/c1-7-5-9(6-12(15)3-4-12)11(14)10(13)8(7)2/h5,14-15H,3-4,6H2,1-2H3. The van der Waals surface area contributed by atoms with Crippen molar-refractivity contribution >= 4 is 15.9 Å². The molecule has 0 amide bonds. The fourth-order valence-electron chi connectivity index (χ4n) is 1.74. The average Bonchev–Trinajstić information content (AvgIpc) is 2.89. The third kappa shape index (κ3) is 2.04. The fourth-order valence-corrected chi connectivity index (χ4v) is 2.31. The van der Waals surface area contributed by atoms with Crippen LogP contribution in [0.5, 0.6) is 5.75 Å². The molecule has 2 N–H and O–H groups in total. The Balaban J connectivity index is 2.39. The Morgan fingerprint density at radius 3 is 2.53 bits per heavy atom. The summed E-state index contributed by atoms with van der Waals surface area (Å²) in [5.41, 5.74) is 2.47. The lowest BCUT2D eigenvalue weighted by molar-refractivity contribution is 0.150. The van der Waals surface area contributed by atoms with E-state index < -0.39 is 5.60 Å². The number of aromatic hydroxyl groups is 1. The van der Waals surface area contributed by atoms with Crippen molar-refractivity contribution in [3.8, 4) is 5.75 Å². The van der Waals surface area contributed by atoms with Gasteiger partial charge in [-0.2, -0.15) is 0 Å². The Kier molecular flexibility index (Phi) is 2.55. The first-order valence-corrected chi connectivity index (χ1v) is 5.92. The molecule has 0 saturated heterocycles. The third-order valence-electron chi connectivity index (χ3n) is 3.17. The van der Waals surface area contributed by atoms with Crippen molar-refractivity contribution in [1.82, 2.24) is 0 Å². The highest BCUT2D eigenvalue weighted by atomic mass is 79.9. The van der Waals surface area contributed by atoms with E-state index in [1.807, 2.05) is 19.9 Å². The Morgan fingerprint density at radius 2 is 2.00 bits per heavy atom. The normalized spacial score (nSPS) is 17.9. The first-order valence-electron chi connectivity index (χ1n) is 5.13. The molecule has 0 aliphatic heterocycles. The third-order valence-corrected chi connectivity index (χ3v) is 4.14. The monoisotopic (exact) mass is 270 g/mol. The van der Waals surface area contributed by atoms with E-state index in [4.69, 9.17) is 0 Å². The molecule has 0 heterocycles. The Labute approximate surface area is 98.1 Å². The molecule has 0 aromatic heterocycles. The van der Waals surface area contributed by atoms with Gasteiger partial charge in [0.1, 0.15) is 5.75 Å². The highest BCUT2D eigenvalue weighted by molar-refractivity contribution is 9.10. The van der Waals surface area contributed by atoms with E-state index >= 15 is 0 Å². The highest BCUT2D eigenvalue weighted by Crippen LogP contribution is 2.42. The molecule has 0 atom stereocenters. The highest BCUT2D eigenvalue weighted by Gasteiger charge is 2.40. The van der Waals surface area contributed by atoms with Crippen LogP contribution in [0.4, 0.5) is 0 Å². The van der Waals surface area contributed by atoms with E-state index in [-0.39, 0.29) is 5.75 Å². The molecule has 0 spiro atoms. The van der Waals surface area contributed by atoms with Crippen molar-refractivity contribution in [3.63, 3.8) is 0 Å². The summed E-state index contributed by atoms with van der Waals surface area (Å²) >= 11 is 3.38. The minimum Gasteiger partial charge on any atom is -0.506 e. The second-order valence-electron chi connectivity index (χ2n) is 4.54. The molecule has 1 aromatic carbocycles. The molecular formula is C12H15BrO2. The van der Waals surface area contributed by atoms with E-state index in [2.05, 4.69) is 15.9 Å². The molecular weight excluding hydrogens is 256 g/mol. The largest absolute Gasteiger partial charge is 0.506 e. The molecule has 3 heteroatoms. The quantitative estimate of drug-likeness (QED) is 0.868. The van der Waals surface area contributed by atoms with Crippen LogP contribution in [0.2, 0.25) is 0 Å². The van der Waals surface area contributed by atoms with Crippen LogP contribution in [-0.2, 0) is 6.42 Å². The van der Waals surface area contributed by atoms with Gasteiger partial charge >= 0.3 is 0 Å². The van der Waals surface area contributed by atoms with Crippen molar-refractivity contribution in [1.29, 1.82) is 0 Å². The summed E-state index contributed by atoms with van der Waals surface area (Å²) in [5.74, 6) is 0.276. The second kappa shape index (κ2) is 3.49. The molecule has 0 bridgehead atoms. The van der Waals surface area contributed by atoms with Crippen molar-refractivity contribution in [3.05, 3.63) is 27.2 Å². The van der Waals surface area contributed by atoms with Crippen molar-refractivity contribution in [2.45, 2.75) is 38.7 Å². The van der Waals surface area contributed by atoms with Crippen LogP contribution >= 0.6 is 15.9 Å². The summed E-state index contributed by atoms with van der Waals surface area (Å²) in [6, 6.07) is 1.96. The summed E-state index contributed by atoms with van der Waals surface area (Å²) in [6.07, 6.45) is 2.24. The van der Waals surface area contributed by atoms with E-state index in [0.29, 0.717) is 6.42 Å². The van der Waals surface area contributed by atoms with Crippen LogP contribution < -0.4 is 0 Å². The van der Waals surface area contributed by atoms with Crippen LogP contribution in [0.3, 0.4) is 0 Å². The summed E-state index contributed by atoms with van der Waals surface area (Å²) in [4.78, 5) is 0. The van der Waals surface area contributed by atoms with Gasteiger partial charge in [-0.25, -0.2) is 0 Å². The van der Waals surface area contributed by atoms with Crippen LogP contribution in [-0.4, -0.2) is 15.8 Å². The number of benzene rings is 1. The predicted molar refractivity (Wildman–Crippen MR) is 63.2 cm³/mol. The second-order valence-corrected chi connectivity index (χ2v) is 5.33. The summed E-state index contributed by atoms with van der Waals surface area (Å²) < 4.78 is 0.752. The molecule has 2 nitrogen and oxygen atoms in total. The maximum absolute atomic E-state index is 9.94. The molecule has 1 aromatic rings. The molecule has 1 aliphatic rings. The average molecular weight is 271 g/mol. The number of hydrogen-bond donors (Lipinski definition) is 2. The van der Waals surface area contributed by atoms with Crippen molar-refractivity contribution in [2.75, 3.05) is 0 Å². The maximum Gasteiger partial charge on any atom is 0.133 e. The number of aryl methyl sites for hydroxylation is 1. The van der Waals surface area contributed by atoms with E-state index in [9.17, 15) is 10.2 Å². The van der Waals surface area contributed by atoms with Gasteiger partial charge in [0.15, 0.2) is 0 Å². The van der Waals surface area contributed by atoms with Gasteiger partial charge in [-0.15, -0.1) is 0 Å². The minimum atomic E-state index is -0.557. The van der Waals surface area contributed by atoms with E-state index in [1.165, 1.54) is 0 Å². The Morgan fingerprint density at radius 1 is 1.40 bits per heavy atom. The molecule has 15 heavy (non-hydrogen) atoms. The Bertz CT molecular complexity index is 409. The van der Waals surface area contributed by atoms with Crippen LogP contribution in [0.15, 0.2) is 10.5 Å². The summed E-state index contributed by atoms with van der Waals surface area (Å²) in [7, 11) is 0. The SMILES string of the molecule is Cc1cc(CC2(O)CC2)c(O)c(Br)c1C. The summed E-state index contributed by atoms with van der Waals surface area (Å²) in [5, 5.41) is 19.8. The lowest BCUT2D eigenvalue weighted by Crippen LogP contribution is -2.11. The zero-order chi connectivity index (χ0) is 11.2. The predicted octanol–water partition coefficient (Wildman–Crippen LogP) is 2.84. The molecule has 2 rings (SSSR count). The zero-order valence-corrected chi connectivity index (χ0v) is 10.6. The number of phenols is 1. The molecule has 0 radical (unpaired) electrons. The van der Waals surface area contributed by atoms with Gasteiger partial charge in [-0.05, 0) is 59.3 Å².